The SMILES string of the molecule is CCOc1ccccc1N1CCN(Cc2nc(-c3ccc(CC)cc3)no2)CC1. The van der Waals surface area contributed by atoms with Crippen LogP contribution >= 0.6 is 0 Å². The Hall–Kier alpha value is -2.86. The number of ether oxygens (including phenoxy) is 1. The zero-order valence-electron chi connectivity index (χ0n) is 17.2. The highest BCUT2D eigenvalue weighted by Crippen LogP contribution is 2.29. The van der Waals surface area contributed by atoms with Crippen molar-refractivity contribution in [3.05, 3.63) is 60.0 Å². The van der Waals surface area contributed by atoms with Gasteiger partial charge in [-0.15, -0.1) is 0 Å². The van der Waals surface area contributed by atoms with Crippen LogP contribution in [0.25, 0.3) is 11.4 Å². The molecule has 1 fully saturated rings. The van der Waals surface area contributed by atoms with Gasteiger partial charge in [0.15, 0.2) is 0 Å². The van der Waals surface area contributed by atoms with E-state index in [9.17, 15) is 0 Å². The molecule has 1 aliphatic rings. The predicted molar refractivity (Wildman–Crippen MR) is 114 cm³/mol. The van der Waals surface area contributed by atoms with E-state index in [0.717, 1.165) is 43.9 Å². The minimum atomic E-state index is 0.659. The van der Waals surface area contributed by atoms with Crippen LogP contribution in [-0.4, -0.2) is 47.8 Å². The Labute approximate surface area is 172 Å². The van der Waals surface area contributed by atoms with Crippen LogP contribution in [-0.2, 0) is 13.0 Å². The molecule has 0 atom stereocenters. The summed E-state index contributed by atoms with van der Waals surface area (Å²) < 4.78 is 11.3. The number of piperazine rings is 1. The lowest BCUT2D eigenvalue weighted by Gasteiger charge is -2.36. The van der Waals surface area contributed by atoms with Crippen LogP contribution in [0.15, 0.2) is 53.1 Å². The summed E-state index contributed by atoms with van der Waals surface area (Å²) >= 11 is 0. The fraction of sp³-hybridized carbons (Fsp3) is 0.391. The van der Waals surface area contributed by atoms with Crippen LogP contribution < -0.4 is 9.64 Å². The second-order valence-corrected chi connectivity index (χ2v) is 7.23. The third-order valence-corrected chi connectivity index (χ3v) is 5.33. The van der Waals surface area contributed by atoms with Gasteiger partial charge in [-0.3, -0.25) is 4.90 Å². The van der Waals surface area contributed by atoms with Gasteiger partial charge >= 0.3 is 0 Å². The van der Waals surface area contributed by atoms with E-state index >= 15 is 0 Å². The third-order valence-electron chi connectivity index (χ3n) is 5.33. The van der Waals surface area contributed by atoms with E-state index in [-0.39, 0.29) is 0 Å². The second-order valence-electron chi connectivity index (χ2n) is 7.23. The molecule has 6 nitrogen and oxygen atoms in total. The summed E-state index contributed by atoms with van der Waals surface area (Å²) in [7, 11) is 0. The topological polar surface area (TPSA) is 54.6 Å². The Morgan fingerprint density at radius 1 is 0.966 bits per heavy atom. The molecule has 0 amide bonds. The van der Waals surface area contributed by atoms with Crippen molar-refractivity contribution in [3.63, 3.8) is 0 Å². The van der Waals surface area contributed by atoms with E-state index in [2.05, 4.69) is 63.3 Å². The molecule has 3 aromatic rings. The minimum Gasteiger partial charge on any atom is -0.492 e. The highest BCUT2D eigenvalue weighted by atomic mass is 16.5. The van der Waals surface area contributed by atoms with Crippen LogP contribution in [0.2, 0.25) is 0 Å². The molecule has 1 aliphatic heterocycles. The average Bonchev–Trinajstić information content (AvgIpc) is 3.23. The number of anilines is 1. The fourth-order valence-electron chi connectivity index (χ4n) is 3.66. The lowest BCUT2D eigenvalue weighted by atomic mass is 10.1. The fourth-order valence-corrected chi connectivity index (χ4v) is 3.66. The molecule has 0 saturated carbocycles. The van der Waals surface area contributed by atoms with E-state index < -0.39 is 0 Å². The van der Waals surface area contributed by atoms with Crippen molar-refractivity contribution in [2.45, 2.75) is 26.8 Å². The van der Waals surface area contributed by atoms with Gasteiger partial charge in [0, 0.05) is 31.7 Å². The Kier molecular flexibility index (Phi) is 6.10. The molecule has 2 aromatic carbocycles. The number of aromatic nitrogens is 2. The molecule has 1 saturated heterocycles. The number of para-hydroxylation sites is 2. The van der Waals surface area contributed by atoms with E-state index in [1.165, 1.54) is 11.3 Å². The quantitative estimate of drug-likeness (QED) is 0.605. The zero-order chi connectivity index (χ0) is 20.1. The van der Waals surface area contributed by atoms with Crippen LogP contribution in [0.5, 0.6) is 5.75 Å². The Bertz CT molecular complexity index is 915. The van der Waals surface area contributed by atoms with Crippen LogP contribution in [0, 0.1) is 0 Å². The van der Waals surface area contributed by atoms with Crippen molar-refractivity contribution in [2.24, 2.45) is 0 Å². The van der Waals surface area contributed by atoms with Gasteiger partial charge in [-0.05, 0) is 31.0 Å². The maximum atomic E-state index is 5.78. The van der Waals surface area contributed by atoms with Gasteiger partial charge in [0.25, 0.3) is 0 Å². The molecule has 4 rings (SSSR count). The lowest BCUT2D eigenvalue weighted by molar-refractivity contribution is 0.215. The van der Waals surface area contributed by atoms with E-state index in [1.807, 2.05) is 19.1 Å². The van der Waals surface area contributed by atoms with Gasteiger partial charge in [0.1, 0.15) is 5.75 Å². The predicted octanol–water partition coefficient (Wildman–Crippen LogP) is 4.02. The molecule has 6 heteroatoms. The summed E-state index contributed by atoms with van der Waals surface area (Å²) in [5.41, 5.74) is 3.47. The lowest BCUT2D eigenvalue weighted by Crippen LogP contribution is -2.46. The third kappa shape index (κ3) is 4.59. The summed E-state index contributed by atoms with van der Waals surface area (Å²) in [5, 5.41) is 4.16. The highest BCUT2D eigenvalue weighted by molar-refractivity contribution is 5.58. The summed E-state index contributed by atoms with van der Waals surface area (Å²) in [6.07, 6.45) is 1.03. The average molecular weight is 393 g/mol. The van der Waals surface area contributed by atoms with Crippen molar-refractivity contribution in [1.29, 1.82) is 0 Å². The summed E-state index contributed by atoms with van der Waals surface area (Å²) in [6.45, 7) is 9.32. The van der Waals surface area contributed by atoms with Gasteiger partial charge in [-0.25, -0.2) is 0 Å². The van der Waals surface area contributed by atoms with Gasteiger partial charge in [0.2, 0.25) is 11.7 Å². The number of hydrogen-bond acceptors (Lipinski definition) is 6. The first-order valence-electron chi connectivity index (χ1n) is 10.4. The Morgan fingerprint density at radius 3 is 2.45 bits per heavy atom. The van der Waals surface area contributed by atoms with Crippen LogP contribution in [0.3, 0.4) is 0 Å². The van der Waals surface area contributed by atoms with Crippen molar-refractivity contribution in [2.75, 3.05) is 37.7 Å². The molecule has 2 heterocycles. The summed E-state index contributed by atoms with van der Waals surface area (Å²) in [5.74, 6) is 2.29. The van der Waals surface area contributed by atoms with Gasteiger partial charge in [-0.1, -0.05) is 48.5 Å². The molecular weight excluding hydrogens is 364 g/mol. The molecule has 152 valence electrons. The molecule has 0 aliphatic carbocycles. The maximum absolute atomic E-state index is 5.78. The number of nitrogens with zero attached hydrogens (tertiary/aromatic N) is 4. The molecule has 0 unspecified atom stereocenters. The highest BCUT2D eigenvalue weighted by Gasteiger charge is 2.21. The maximum Gasteiger partial charge on any atom is 0.241 e. The monoisotopic (exact) mass is 392 g/mol. The molecule has 0 N–H and O–H groups in total. The van der Waals surface area contributed by atoms with Crippen molar-refractivity contribution in [3.8, 4) is 17.1 Å². The van der Waals surface area contributed by atoms with Gasteiger partial charge in [-0.2, -0.15) is 4.98 Å². The first-order valence-corrected chi connectivity index (χ1v) is 10.4. The number of rotatable bonds is 7. The summed E-state index contributed by atoms with van der Waals surface area (Å²) in [4.78, 5) is 9.34. The van der Waals surface area contributed by atoms with Gasteiger partial charge < -0.3 is 14.2 Å². The van der Waals surface area contributed by atoms with Crippen molar-refractivity contribution >= 4 is 5.69 Å². The van der Waals surface area contributed by atoms with Crippen molar-refractivity contribution < 1.29 is 9.26 Å². The van der Waals surface area contributed by atoms with E-state index in [1.54, 1.807) is 0 Å². The minimum absolute atomic E-state index is 0.659. The molecular formula is C23H28N4O2. The standard InChI is InChI=1S/C23H28N4O2/c1-3-18-9-11-19(12-10-18)23-24-22(29-25-23)17-26-13-15-27(16-14-26)20-7-5-6-8-21(20)28-4-2/h5-12H,3-4,13-17H2,1-2H3. The largest absolute Gasteiger partial charge is 0.492 e. The number of hydrogen-bond donors (Lipinski definition) is 0. The van der Waals surface area contributed by atoms with E-state index in [0.29, 0.717) is 24.9 Å². The smallest absolute Gasteiger partial charge is 0.241 e. The van der Waals surface area contributed by atoms with Crippen LogP contribution in [0.4, 0.5) is 5.69 Å². The summed E-state index contributed by atoms with van der Waals surface area (Å²) in [6, 6.07) is 16.6. The zero-order valence-corrected chi connectivity index (χ0v) is 17.2. The van der Waals surface area contributed by atoms with Crippen molar-refractivity contribution in [1.82, 2.24) is 15.0 Å². The number of benzene rings is 2. The normalized spacial score (nSPS) is 14.9. The first kappa shape index (κ1) is 19.5. The molecule has 0 bridgehead atoms. The molecule has 29 heavy (non-hydrogen) atoms. The van der Waals surface area contributed by atoms with E-state index in [4.69, 9.17) is 9.26 Å². The Morgan fingerprint density at radius 2 is 1.72 bits per heavy atom. The molecule has 0 spiro atoms. The second kappa shape index (κ2) is 9.09. The molecule has 1 aromatic heterocycles. The van der Waals surface area contributed by atoms with Gasteiger partial charge in [0.05, 0.1) is 18.8 Å². The Balaban J connectivity index is 1.35. The molecule has 0 radical (unpaired) electrons. The first-order chi connectivity index (χ1) is 14.3. The van der Waals surface area contributed by atoms with Crippen LogP contribution in [0.1, 0.15) is 25.3 Å². The number of aryl methyl sites for hydroxylation is 1.